The number of carbonyl (C=O) groups excluding carboxylic acids is 3. The van der Waals surface area contributed by atoms with Crippen LogP contribution in [0.5, 0.6) is 0 Å². The number of unbranched alkanes of at least 4 members (excludes halogenated alkanes) is 13. The van der Waals surface area contributed by atoms with Crippen molar-refractivity contribution in [1.82, 2.24) is 0 Å². The monoisotopic (exact) mass is 810 g/mol. The first-order valence-electron chi connectivity index (χ1n) is 22.6. The van der Waals surface area contributed by atoms with Gasteiger partial charge in [0, 0.05) is 19.3 Å². The molecule has 0 aromatic heterocycles. The summed E-state index contributed by atoms with van der Waals surface area (Å²) in [4.78, 5) is 36.9. The van der Waals surface area contributed by atoms with E-state index in [1.54, 1.807) is 21.1 Å². The van der Waals surface area contributed by atoms with Gasteiger partial charge in [0.25, 0.3) is 0 Å². The van der Waals surface area contributed by atoms with Crippen LogP contribution in [0.2, 0.25) is 0 Å². The molecule has 0 amide bonds. The molecular weight excluding hydrogens is 727 g/mol. The zero-order valence-corrected chi connectivity index (χ0v) is 37.4. The van der Waals surface area contributed by atoms with Crippen LogP contribution in [-0.2, 0) is 28.6 Å². The first kappa shape index (κ1) is 54.5. The fourth-order valence-corrected chi connectivity index (χ4v) is 6.05. The number of carboxylic acids is 1. The Balaban J connectivity index is 4.37. The minimum atomic E-state index is -1.14. The molecule has 0 spiro atoms. The summed E-state index contributed by atoms with van der Waals surface area (Å²) >= 11 is 0. The Labute approximate surface area is 354 Å². The zero-order chi connectivity index (χ0) is 42.8. The van der Waals surface area contributed by atoms with Gasteiger partial charge in [-0.15, -0.1) is 0 Å². The van der Waals surface area contributed by atoms with Gasteiger partial charge in [-0.2, -0.15) is 0 Å². The van der Waals surface area contributed by atoms with Gasteiger partial charge >= 0.3 is 11.9 Å². The molecule has 0 radical (unpaired) electrons. The molecule has 2 atom stereocenters. The van der Waals surface area contributed by atoms with Crippen molar-refractivity contribution in [2.45, 2.75) is 174 Å². The number of rotatable bonds is 39. The van der Waals surface area contributed by atoms with Crippen LogP contribution in [-0.4, -0.2) is 75.5 Å². The molecule has 2 unspecified atom stereocenters. The molecule has 8 nitrogen and oxygen atoms in total. The van der Waals surface area contributed by atoms with Crippen LogP contribution in [0.1, 0.15) is 162 Å². The van der Waals surface area contributed by atoms with E-state index in [0.29, 0.717) is 6.42 Å². The number of carbonyl (C=O) groups is 3. The quantitative estimate of drug-likeness (QED) is 0.0200. The molecule has 330 valence electrons. The first-order chi connectivity index (χ1) is 28.1. The number of ether oxygens (including phenoxy) is 3. The number of hydrogen-bond acceptors (Lipinski definition) is 7. The summed E-state index contributed by atoms with van der Waals surface area (Å²) in [6.07, 6.45) is 51.8. The van der Waals surface area contributed by atoms with Crippen molar-refractivity contribution in [3.8, 4) is 0 Å². The molecule has 0 N–H and O–H groups in total. The van der Waals surface area contributed by atoms with E-state index in [2.05, 4.69) is 86.8 Å². The van der Waals surface area contributed by atoms with Crippen molar-refractivity contribution in [3.05, 3.63) is 85.1 Å². The van der Waals surface area contributed by atoms with Crippen LogP contribution < -0.4 is 5.11 Å². The lowest BCUT2D eigenvalue weighted by atomic mass is 10.1. The molecule has 0 aliphatic rings. The van der Waals surface area contributed by atoms with Gasteiger partial charge in [-0.25, -0.2) is 0 Å². The molecule has 0 aliphatic heterocycles. The van der Waals surface area contributed by atoms with Crippen LogP contribution in [0.4, 0.5) is 0 Å². The standard InChI is InChI=1S/C50H83NO7/c1-6-8-10-12-14-16-18-20-21-22-23-24-25-26-27-29-30-32-34-36-38-40-48(52)57-45-46(44-56-43-42-47(50(54)55)51(3,4)5)58-49(53)41-39-37-35-33-31-28-19-17-15-13-11-9-7-2/h9,11,13-17,19-21,23-24,26-27,46-47H,6-8,10,12,18,22,25,28-45H2,1-5H3/b11-9+,15-13+,16-14+,19-17+,21-20+,24-23+,27-26+. The second-order valence-electron chi connectivity index (χ2n) is 16.0. The largest absolute Gasteiger partial charge is 0.544 e. The Morgan fingerprint density at radius 2 is 1.03 bits per heavy atom. The van der Waals surface area contributed by atoms with Crippen molar-refractivity contribution in [3.63, 3.8) is 0 Å². The van der Waals surface area contributed by atoms with E-state index in [-0.39, 0.29) is 49.1 Å². The number of carboxylic acid groups (broad SMARTS) is 1. The summed E-state index contributed by atoms with van der Waals surface area (Å²) < 4.78 is 17.1. The molecule has 0 aromatic rings. The number of likely N-dealkylation sites (N-methyl/N-ethyl adjacent to an activating group) is 1. The fourth-order valence-electron chi connectivity index (χ4n) is 6.05. The van der Waals surface area contributed by atoms with E-state index in [0.717, 1.165) is 103 Å². The highest BCUT2D eigenvalue weighted by molar-refractivity contribution is 5.70. The SMILES string of the molecule is CC/C=C/C=C/C=C/CCCCCCCC(=O)OC(COCCC(C(=O)[O-])[N+](C)(C)C)COC(=O)CCCCCCC/C=C/C/C=C/C/C=C/C/C=C/CCCCC. The van der Waals surface area contributed by atoms with Gasteiger partial charge in [-0.05, 0) is 77.0 Å². The Morgan fingerprint density at radius 3 is 1.57 bits per heavy atom. The third kappa shape index (κ3) is 38.1. The highest BCUT2D eigenvalue weighted by Crippen LogP contribution is 2.12. The molecule has 0 heterocycles. The molecule has 0 saturated heterocycles. The molecule has 0 aliphatic carbocycles. The first-order valence-corrected chi connectivity index (χ1v) is 22.6. The predicted molar refractivity (Wildman–Crippen MR) is 240 cm³/mol. The molecule has 58 heavy (non-hydrogen) atoms. The average Bonchev–Trinajstić information content (AvgIpc) is 3.18. The maximum absolute atomic E-state index is 12.7. The normalized spacial score (nSPS) is 13.7. The van der Waals surface area contributed by atoms with Gasteiger partial charge in [0.2, 0.25) is 0 Å². The second-order valence-corrected chi connectivity index (χ2v) is 16.0. The smallest absolute Gasteiger partial charge is 0.306 e. The highest BCUT2D eigenvalue weighted by Gasteiger charge is 2.25. The van der Waals surface area contributed by atoms with Gasteiger partial charge in [-0.3, -0.25) is 9.59 Å². The topological polar surface area (TPSA) is 102 Å². The number of quaternary nitrogens is 1. The third-order valence-electron chi connectivity index (χ3n) is 9.58. The lowest BCUT2D eigenvalue weighted by molar-refractivity contribution is -0.889. The van der Waals surface area contributed by atoms with Crippen LogP contribution in [0.3, 0.4) is 0 Å². The molecule has 0 fully saturated rings. The minimum Gasteiger partial charge on any atom is -0.544 e. The maximum atomic E-state index is 12.7. The number of esters is 2. The number of nitrogens with zero attached hydrogens (tertiary/aromatic N) is 1. The fraction of sp³-hybridized carbons (Fsp3) is 0.660. The van der Waals surface area contributed by atoms with E-state index in [9.17, 15) is 19.5 Å². The van der Waals surface area contributed by atoms with Gasteiger partial charge in [0.05, 0.1) is 40.3 Å². The maximum Gasteiger partial charge on any atom is 0.306 e. The van der Waals surface area contributed by atoms with Crippen LogP contribution in [0.25, 0.3) is 0 Å². The van der Waals surface area contributed by atoms with E-state index >= 15 is 0 Å². The lowest BCUT2D eigenvalue weighted by Gasteiger charge is -2.34. The summed E-state index contributed by atoms with van der Waals surface area (Å²) in [7, 11) is 5.38. The summed E-state index contributed by atoms with van der Waals surface area (Å²) in [6, 6.07) is -0.737. The van der Waals surface area contributed by atoms with Gasteiger partial charge in [0.15, 0.2) is 6.10 Å². The summed E-state index contributed by atoms with van der Waals surface area (Å²) in [5.74, 6) is -1.80. The number of aliphatic carboxylic acids is 1. The number of hydrogen-bond donors (Lipinski definition) is 0. The summed E-state index contributed by atoms with van der Waals surface area (Å²) in [5.41, 5.74) is 0. The highest BCUT2D eigenvalue weighted by atomic mass is 16.6. The van der Waals surface area contributed by atoms with Crippen molar-refractivity contribution >= 4 is 17.9 Å². The van der Waals surface area contributed by atoms with E-state index in [1.807, 2.05) is 12.2 Å². The Bertz CT molecular complexity index is 1220. The van der Waals surface area contributed by atoms with Crippen molar-refractivity contribution in [2.24, 2.45) is 0 Å². The minimum absolute atomic E-state index is 0.0208. The summed E-state index contributed by atoms with van der Waals surface area (Å²) in [5, 5.41) is 11.6. The summed E-state index contributed by atoms with van der Waals surface area (Å²) in [6.45, 7) is 4.44. The van der Waals surface area contributed by atoms with Crippen LogP contribution >= 0.6 is 0 Å². The molecule has 0 aromatic carbocycles. The third-order valence-corrected chi connectivity index (χ3v) is 9.58. The zero-order valence-electron chi connectivity index (χ0n) is 37.4. The Morgan fingerprint density at radius 1 is 0.552 bits per heavy atom. The average molecular weight is 810 g/mol. The molecule has 0 rings (SSSR count). The molecule has 0 saturated carbocycles. The van der Waals surface area contributed by atoms with E-state index in [4.69, 9.17) is 14.2 Å². The van der Waals surface area contributed by atoms with Gasteiger partial charge < -0.3 is 28.6 Å². The van der Waals surface area contributed by atoms with Gasteiger partial charge in [-0.1, -0.05) is 150 Å². The second kappa shape index (κ2) is 40.3. The molecular formula is C50H83NO7. The number of allylic oxidation sites excluding steroid dienone is 14. The Kier molecular flexibility index (Phi) is 37.9. The lowest BCUT2D eigenvalue weighted by Crippen LogP contribution is -2.55. The van der Waals surface area contributed by atoms with Crippen molar-refractivity contribution in [1.29, 1.82) is 0 Å². The Hall–Kier alpha value is -3.49. The molecule has 0 bridgehead atoms. The molecule has 8 heteroatoms. The van der Waals surface area contributed by atoms with Crippen LogP contribution in [0, 0.1) is 0 Å². The van der Waals surface area contributed by atoms with Crippen molar-refractivity contribution < 1.29 is 38.2 Å². The van der Waals surface area contributed by atoms with Crippen LogP contribution in [0.15, 0.2) is 85.1 Å². The van der Waals surface area contributed by atoms with E-state index < -0.39 is 18.1 Å². The van der Waals surface area contributed by atoms with E-state index in [1.165, 1.54) is 25.7 Å². The van der Waals surface area contributed by atoms with Gasteiger partial charge in [0.1, 0.15) is 12.6 Å². The predicted octanol–water partition coefficient (Wildman–Crippen LogP) is 11.2. The van der Waals surface area contributed by atoms with Crippen molar-refractivity contribution in [2.75, 3.05) is 41.0 Å².